The van der Waals surface area contributed by atoms with Gasteiger partial charge in [-0.2, -0.15) is 0 Å². The summed E-state index contributed by atoms with van der Waals surface area (Å²) in [6, 6.07) is 28.4. The number of halogens is 1. The van der Waals surface area contributed by atoms with E-state index in [4.69, 9.17) is 16.3 Å². The lowest BCUT2D eigenvalue weighted by Gasteiger charge is -2.31. The van der Waals surface area contributed by atoms with Crippen molar-refractivity contribution >= 4 is 46.7 Å². The van der Waals surface area contributed by atoms with Crippen molar-refractivity contribution in [2.75, 3.05) is 23.4 Å². The third kappa shape index (κ3) is 6.60. The summed E-state index contributed by atoms with van der Waals surface area (Å²) in [5, 5.41) is 3.05. The lowest BCUT2D eigenvalue weighted by molar-refractivity contribution is -0.145. The van der Waals surface area contributed by atoms with Crippen molar-refractivity contribution < 1.29 is 23.9 Å². The quantitative estimate of drug-likeness (QED) is 0.268. The molecule has 1 N–H and O–H groups in total. The SMILES string of the molecule is CC(=O)OC[C@@H]1CN(C(=O)c2ccc(NC(=O)c3ccccc3-c3ccccc3)cc2Cl)c2ccccc2CN1C(C)=O. The molecule has 4 aromatic rings. The monoisotopic (exact) mass is 595 g/mol. The second kappa shape index (κ2) is 12.9. The number of nitrogens with one attached hydrogen (secondary N) is 1. The van der Waals surface area contributed by atoms with Crippen LogP contribution in [0, 0.1) is 0 Å². The van der Waals surface area contributed by atoms with Gasteiger partial charge in [-0.15, -0.1) is 0 Å². The van der Waals surface area contributed by atoms with Gasteiger partial charge in [0, 0.05) is 37.3 Å². The predicted molar refractivity (Wildman–Crippen MR) is 166 cm³/mol. The van der Waals surface area contributed by atoms with Gasteiger partial charge in [0.25, 0.3) is 11.8 Å². The topological polar surface area (TPSA) is 96.0 Å². The van der Waals surface area contributed by atoms with Gasteiger partial charge in [0.15, 0.2) is 0 Å². The van der Waals surface area contributed by atoms with Gasteiger partial charge in [0.2, 0.25) is 5.91 Å². The highest BCUT2D eigenvalue weighted by Crippen LogP contribution is 2.32. The van der Waals surface area contributed by atoms with Gasteiger partial charge in [-0.3, -0.25) is 19.2 Å². The molecule has 0 saturated heterocycles. The van der Waals surface area contributed by atoms with Gasteiger partial charge in [-0.25, -0.2) is 0 Å². The van der Waals surface area contributed by atoms with Gasteiger partial charge in [-0.1, -0.05) is 78.3 Å². The highest BCUT2D eigenvalue weighted by atomic mass is 35.5. The number of hydrogen-bond donors (Lipinski definition) is 1. The van der Waals surface area contributed by atoms with Crippen LogP contribution in [0.2, 0.25) is 5.02 Å². The zero-order valence-electron chi connectivity index (χ0n) is 23.7. The van der Waals surface area contributed by atoms with Crippen LogP contribution in [-0.4, -0.2) is 47.8 Å². The van der Waals surface area contributed by atoms with Crippen LogP contribution in [0.3, 0.4) is 0 Å². The van der Waals surface area contributed by atoms with Crippen molar-refractivity contribution in [3.63, 3.8) is 0 Å². The van der Waals surface area contributed by atoms with Crippen LogP contribution in [0.4, 0.5) is 11.4 Å². The molecule has 4 aromatic carbocycles. The van der Waals surface area contributed by atoms with Gasteiger partial charge >= 0.3 is 5.97 Å². The number of ether oxygens (including phenoxy) is 1. The first-order valence-corrected chi connectivity index (χ1v) is 14.2. The number of amides is 3. The molecule has 9 heteroatoms. The van der Waals surface area contributed by atoms with Crippen molar-refractivity contribution in [2.45, 2.75) is 26.4 Å². The lowest BCUT2D eigenvalue weighted by Crippen LogP contribution is -2.48. The summed E-state index contributed by atoms with van der Waals surface area (Å²) in [5.41, 5.74) is 4.27. The average molecular weight is 596 g/mol. The maximum atomic E-state index is 14.0. The Morgan fingerprint density at radius 2 is 1.56 bits per heavy atom. The fourth-order valence-corrected chi connectivity index (χ4v) is 5.47. The molecule has 1 atom stereocenters. The number of rotatable bonds is 6. The Bertz CT molecular complexity index is 1690. The molecule has 8 nitrogen and oxygen atoms in total. The minimum Gasteiger partial charge on any atom is -0.464 e. The van der Waals surface area contributed by atoms with Gasteiger partial charge in [0.05, 0.1) is 23.2 Å². The number of carbonyl (C=O) groups is 4. The zero-order chi connectivity index (χ0) is 30.5. The van der Waals surface area contributed by atoms with Gasteiger partial charge in [-0.05, 0) is 47.0 Å². The van der Waals surface area contributed by atoms with Crippen LogP contribution < -0.4 is 10.2 Å². The summed E-state index contributed by atoms with van der Waals surface area (Å²) >= 11 is 6.65. The molecule has 0 unspecified atom stereocenters. The van der Waals surface area contributed by atoms with E-state index in [1.807, 2.05) is 66.7 Å². The summed E-state index contributed by atoms with van der Waals surface area (Å²) in [4.78, 5) is 54.6. The van der Waals surface area contributed by atoms with Crippen molar-refractivity contribution in [3.05, 3.63) is 119 Å². The molecule has 3 amide bonds. The van der Waals surface area contributed by atoms with E-state index < -0.39 is 12.0 Å². The Morgan fingerprint density at radius 3 is 2.28 bits per heavy atom. The fourth-order valence-electron chi connectivity index (χ4n) is 5.21. The van der Waals surface area contributed by atoms with E-state index in [0.29, 0.717) is 16.9 Å². The van der Waals surface area contributed by atoms with E-state index in [2.05, 4.69) is 5.32 Å². The number of esters is 1. The fraction of sp³-hybridized carbons (Fsp3) is 0.176. The first-order valence-electron chi connectivity index (χ1n) is 13.8. The zero-order valence-corrected chi connectivity index (χ0v) is 24.5. The highest BCUT2D eigenvalue weighted by molar-refractivity contribution is 6.35. The van der Waals surface area contributed by atoms with Crippen LogP contribution in [-0.2, 0) is 20.9 Å². The molecule has 0 saturated carbocycles. The van der Waals surface area contributed by atoms with Crippen LogP contribution in [0.5, 0.6) is 0 Å². The summed E-state index contributed by atoms with van der Waals surface area (Å²) in [6.07, 6.45) is 0. The summed E-state index contributed by atoms with van der Waals surface area (Å²) < 4.78 is 5.26. The predicted octanol–water partition coefficient (Wildman–Crippen LogP) is 6.20. The summed E-state index contributed by atoms with van der Waals surface area (Å²) in [7, 11) is 0. The third-order valence-corrected chi connectivity index (χ3v) is 7.61. The van der Waals surface area contributed by atoms with E-state index in [1.165, 1.54) is 13.8 Å². The number of fused-ring (bicyclic) bond motifs is 1. The summed E-state index contributed by atoms with van der Waals surface area (Å²) in [6.45, 7) is 3.03. The standard InChI is InChI=1S/C34H30ClN3O5/c1-22(39)37-19-25-12-6-9-15-32(25)38(20-27(37)21-43-23(2)40)34(42)30-17-16-26(18-31(30)35)36-33(41)29-14-8-7-13-28(29)24-10-4-3-5-11-24/h3-18,27H,19-21H2,1-2H3,(H,36,41)/t27-/m0/s1. The summed E-state index contributed by atoms with van der Waals surface area (Å²) in [5.74, 6) is -1.37. The van der Waals surface area contributed by atoms with Gasteiger partial charge in [0.1, 0.15) is 6.61 Å². The van der Waals surface area contributed by atoms with E-state index in [0.717, 1.165) is 16.7 Å². The van der Waals surface area contributed by atoms with E-state index in [9.17, 15) is 19.2 Å². The van der Waals surface area contributed by atoms with E-state index in [-0.39, 0.29) is 48.0 Å². The molecule has 43 heavy (non-hydrogen) atoms. The Labute approximate surface area is 254 Å². The van der Waals surface area contributed by atoms with Crippen molar-refractivity contribution in [1.82, 2.24) is 4.90 Å². The maximum absolute atomic E-state index is 14.0. The molecule has 0 spiro atoms. The molecule has 0 aliphatic carbocycles. The molecule has 1 aliphatic rings. The second-order valence-corrected chi connectivity index (χ2v) is 10.6. The minimum atomic E-state index is -0.570. The molecule has 1 aliphatic heterocycles. The molecule has 0 aromatic heterocycles. The highest BCUT2D eigenvalue weighted by Gasteiger charge is 2.34. The van der Waals surface area contributed by atoms with E-state index >= 15 is 0 Å². The normalized spacial score (nSPS) is 14.3. The number of benzene rings is 4. The number of carbonyl (C=O) groups excluding carboxylic acids is 4. The third-order valence-electron chi connectivity index (χ3n) is 7.30. The molecule has 0 bridgehead atoms. The smallest absolute Gasteiger partial charge is 0.302 e. The maximum Gasteiger partial charge on any atom is 0.302 e. The molecular weight excluding hydrogens is 566 g/mol. The molecule has 1 heterocycles. The Kier molecular flexibility index (Phi) is 8.87. The number of anilines is 2. The second-order valence-electron chi connectivity index (χ2n) is 10.2. The van der Waals surface area contributed by atoms with Crippen molar-refractivity contribution in [2.24, 2.45) is 0 Å². The molecule has 5 rings (SSSR count). The first-order chi connectivity index (χ1) is 20.7. The molecule has 218 valence electrons. The number of hydrogen-bond acceptors (Lipinski definition) is 5. The van der Waals surface area contributed by atoms with Gasteiger partial charge < -0.3 is 19.9 Å². The largest absolute Gasteiger partial charge is 0.464 e. The van der Waals surface area contributed by atoms with Crippen LogP contribution >= 0.6 is 11.6 Å². The Morgan fingerprint density at radius 1 is 0.860 bits per heavy atom. The number of nitrogens with zero attached hydrogens (tertiary/aromatic N) is 2. The molecule has 0 fully saturated rings. The first kappa shape index (κ1) is 29.5. The Hall–Kier alpha value is -4.95. The minimum absolute atomic E-state index is 0.0597. The number of para-hydroxylation sites is 1. The lowest BCUT2D eigenvalue weighted by atomic mass is 9.99. The van der Waals surface area contributed by atoms with Crippen LogP contribution in [0.15, 0.2) is 97.1 Å². The van der Waals surface area contributed by atoms with Crippen LogP contribution in [0.1, 0.15) is 40.1 Å². The average Bonchev–Trinajstić information content (AvgIpc) is 3.17. The van der Waals surface area contributed by atoms with Crippen LogP contribution in [0.25, 0.3) is 11.1 Å². The molecular formula is C34H30ClN3O5. The Balaban J connectivity index is 1.42. The van der Waals surface area contributed by atoms with Crippen molar-refractivity contribution in [3.8, 4) is 11.1 Å². The van der Waals surface area contributed by atoms with Crippen molar-refractivity contribution in [1.29, 1.82) is 0 Å². The van der Waals surface area contributed by atoms with E-state index in [1.54, 1.807) is 40.1 Å². The molecule has 0 radical (unpaired) electrons.